The molecule has 0 spiro atoms. The average molecular weight is 136 g/mol. The molecule has 0 aliphatic rings. The van der Waals surface area contributed by atoms with Crippen LogP contribution in [0.5, 0.6) is 0 Å². The van der Waals surface area contributed by atoms with Crippen molar-refractivity contribution < 1.29 is 8.42 Å². The highest BCUT2D eigenvalue weighted by Crippen LogP contribution is 1.83. The van der Waals surface area contributed by atoms with Gasteiger partial charge in [-0.1, -0.05) is 6.92 Å². The molecule has 0 atom stereocenters. The van der Waals surface area contributed by atoms with Crippen LogP contribution in [0.2, 0.25) is 0 Å². The Morgan fingerprint density at radius 2 is 2.12 bits per heavy atom. The molecule has 8 heavy (non-hydrogen) atoms. The van der Waals surface area contributed by atoms with Gasteiger partial charge in [0.15, 0.2) is 0 Å². The van der Waals surface area contributed by atoms with Crippen LogP contribution in [-0.2, 0) is 10.0 Å². The summed E-state index contributed by atoms with van der Waals surface area (Å²) in [5, 5.41) is 0. The van der Waals surface area contributed by atoms with Crippen LogP contribution in [0.4, 0.5) is 0 Å². The molecule has 0 aromatic rings. The van der Waals surface area contributed by atoms with E-state index in [0.29, 0.717) is 6.42 Å². The first kappa shape index (κ1) is 7.91. The van der Waals surface area contributed by atoms with Crippen molar-refractivity contribution in [2.45, 2.75) is 6.42 Å². The Morgan fingerprint density at radius 1 is 1.62 bits per heavy atom. The summed E-state index contributed by atoms with van der Waals surface area (Å²) < 4.78 is 23.1. The van der Waals surface area contributed by atoms with E-state index >= 15 is 0 Å². The van der Waals surface area contributed by atoms with Gasteiger partial charge in [-0.05, 0) is 13.5 Å². The molecule has 0 heterocycles. The molecule has 4 heteroatoms. The lowest BCUT2D eigenvalue weighted by Gasteiger charge is -1.95. The normalized spacial score (nSPS) is 11.8. The molecule has 0 aromatic heterocycles. The van der Waals surface area contributed by atoms with Gasteiger partial charge in [-0.25, -0.2) is 13.1 Å². The van der Waals surface area contributed by atoms with E-state index in [9.17, 15) is 8.42 Å². The summed E-state index contributed by atoms with van der Waals surface area (Å²) in [4.78, 5) is 0. The minimum Gasteiger partial charge on any atom is -0.218 e. The molecule has 0 aliphatic heterocycles. The number of sulfonamides is 1. The van der Waals surface area contributed by atoms with Crippen LogP contribution in [0.15, 0.2) is 0 Å². The van der Waals surface area contributed by atoms with E-state index in [1.807, 2.05) is 0 Å². The largest absolute Gasteiger partial charge is 0.218 e. The molecular formula is C4H10NO2S. The maximum atomic E-state index is 10.4. The van der Waals surface area contributed by atoms with Gasteiger partial charge in [0, 0.05) is 0 Å². The van der Waals surface area contributed by atoms with Crippen molar-refractivity contribution in [3.63, 3.8) is 0 Å². The van der Waals surface area contributed by atoms with Gasteiger partial charge in [-0.3, -0.25) is 0 Å². The van der Waals surface area contributed by atoms with E-state index < -0.39 is 10.0 Å². The summed E-state index contributed by atoms with van der Waals surface area (Å²) in [5.41, 5.74) is 0. The molecule has 0 rings (SSSR count). The van der Waals surface area contributed by atoms with Gasteiger partial charge in [-0.2, -0.15) is 0 Å². The van der Waals surface area contributed by atoms with Crippen LogP contribution in [0.25, 0.3) is 0 Å². The SMILES string of the molecule is [CH2]CCS(=O)(=O)NC. The summed E-state index contributed by atoms with van der Waals surface area (Å²) >= 11 is 0. The van der Waals surface area contributed by atoms with Crippen molar-refractivity contribution in [1.82, 2.24) is 4.72 Å². The first-order valence-corrected chi connectivity index (χ1v) is 3.98. The third kappa shape index (κ3) is 2.98. The second-order valence-electron chi connectivity index (χ2n) is 1.38. The van der Waals surface area contributed by atoms with E-state index in [1.165, 1.54) is 7.05 Å². The predicted molar refractivity (Wildman–Crippen MR) is 32.8 cm³/mol. The zero-order chi connectivity index (χ0) is 6.62. The fraction of sp³-hybridized carbons (Fsp3) is 0.750. The van der Waals surface area contributed by atoms with E-state index in [2.05, 4.69) is 11.6 Å². The Hall–Kier alpha value is -0.0900. The molecule has 3 nitrogen and oxygen atoms in total. The van der Waals surface area contributed by atoms with Gasteiger partial charge in [0.05, 0.1) is 5.75 Å². The molecule has 0 aromatic carbocycles. The lowest BCUT2D eigenvalue weighted by molar-refractivity contribution is 0.588. The van der Waals surface area contributed by atoms with Crippen LogP contribution in [-0.4, -0.2) is 21.2 Å². The molecule has 0 saturated heterocycles. The van der Waals surface area contributed by atoms with Gasteiger partial charge in [0.1, 0.15) is 0 Å². The molecule has 0 unspecified atom stereocenters. The highest BCUT2D eigenvalue weighted by atomic mass is 32.2. The minimum atomic E-state index is -2.98. The summed E-state index contributed by atoms with van der Waals surface area (Å²) in [6.45, 7) is 3.40. The summed E-state index contributed by atoms with van der Waals surface area (Å²) in [7, 11) is -1.59. The number of nitrogens with one attached hydrogen (secondary N) is 1. The highest BCUT2D eigenvalue weighted by molar-refractivity contribution is 7.89. The molecule has 0 fully saturated rings. The molecule has 0 saturated carbocycles. The van der Waals surface area contributed by atoms with E-state index in [0.717, 1.165) is 0 Å². The Labute approximate surface area is 50.1 Å². The van der Waals surface area contributed by atoms with Crippen LogP contribution in [0, 0.1) is 6.92 Å². The molecule has 0 amide bonds. The smallest absolute Gasteiger partial charge is 0.211 e. The number of hydrogen-bond acceptors (Lipinski definition) is 2. The maximum absolute atomic E-state index is 10.4. The fourth-order valence-electron chi connectivity index (χ4n) is 0.292. The van der Waals surface area contributed by atoms with Gasteiger partial charge < -0.3 is 0 Å². The van der Waals surface area contributed by atoms with Gasteiger partial charge in [0.2, 0.25) is 10.0 Å². The fourth-order valence-corrected chi connectivity index (χ4v) is 0.876. The van der Waals surface area contributed by atoms with Crippen LogP contribution in [0.3, 0.4) is 0 Å². The quantitative estimate of drug-likeness (QED) is 0.582. The molecule has 0 bridgehead atoms. The van der Waals surface area contributed by atoms with Gasteiger partial charge in [-0.15, -0.1) is 0 Å². The molecule has 0 aliphatic carbocycles. The highest BCUT2D eigenvalue weighted by Gasteiger charge is 2.01. The van der Waals surface area contributed by atoms with Crippen molar-refractivity contribution in [3.05, 3.63) is 6.92 Å². The lowest BCUT2D eigenvalue weighted by Crippen LogP contribution is -2.21. The monoisotopic (exact) mass is 136 g/mol. The summed E-state index contributed by atoms with van der Waals surface area (Å²) in [6, 6.07) is 0. The van der Waals surface area contributed by atoms with Crippen molar-refractivity contribution in [1.29, 1.82) is 0 Å². The van der Waals surface area contributed by atoms with Crippen LogP contribution >= 0.6 is 0 Å². The number of hydrogen-bond donors (Lipinski definition) is 1. The first-order valence-electron chi connectivity index (χ1n) is 2.33. The third-order valence-corrected chi connectivity index (χ3v) is 2.17. The molecule has 1 N–H and O–H groups in total. The van der Waals surface area contributed by atoms with Crippen molar-refractivity contribution >= 4 is 10.0 Å². The standard InChI is InChI=1S/C4H10NO2S/c1-3-4-8(6,7)5-2/h5H,1,3-4H2,2H3. The second-order valence-corrected chi connectivity index (χ2v) is 3.42. The summed E-state index contributed by atoms with van der Waals surface area (Å²) in [5.74, 6) is 0.115. The summed E-state index contributed by atoms with van der Waals surface area (Å²) in [6.07, 6.45) is 0.420. The van der Waals surface area contributed by atoms with Gasteiger partial charge in [0.25, 0.3) is 0 Å². The topological polar surface area (TPSA) is 46.2 Å². The molecule has 1 radical (unpaired) electrons. The van der Waals surface area contributed by atoms with E-state index in [1.54, 1.807) is 0 Å². The van der Waals surface area contributed by atoms with Crippen molar-refractivity contribution in [2.75, 3.05) is 12.8 Å². The number of rotatable bonds is 3. The molecular weight excluding hydrogens is 126 g/mol. The zero-order valence-corrected chi connectivity index (χ0v) is 5.66. The maximum Gasteiger partial charge on any atom is 0.211 e. The van der Waals surface area contributed by atoms with Gasteiger partial charge >= 0.3 is 0 Å². The average Bonchev–Trinajstić information content (AvgIpc) is 1.67. The Morgan fingerprint density at radius 3 is 2.25 bits per heavy atom. The van der Waals surface area contributed by atoms with Crippen LogP contribution in [0.1, 0.15) is 6.42 Å². The van der Waals surface area contributed by atoms with Crippen LogP contribution < -0.4 is 4.72 Å². The van der Waals surface area contributed by atoms with Crippen molar-refractivity contribution in [2.24, 2.45) is 0 Å². The first-order chi connectivity index (χ1) is 3.62. The molecule has 49 valence electrons. The van der Waals surface area contributed by atoms with E-state index in [-0.39, 0.29) is 5.75 Å². The predicted octanol–water partition coefficient (Wildman–Crippen LogP) is -0.240. The Bertz CT molecular complexity index is 138. The van der Waals surface area contributed by atoms with Crippen molar-refractivity contribution in [3.8, 4) is 0 Å². The Balaban J connectivity index is 3.76. The Kier molecular flexibility index (Phi) is 3.01. The van der Waals surface area contributed by atoms with E-state index in [4.69, 9.17) is 0 Å². The lowest BCUT2D eigenvalue weighted by atomic mass is 10.6. The minimum absolute atomic E-state index is 0.115. The second kappa shape index (κ2) is 3.04. The zero-order valence-electron chi connectivity index (χ0n) is 4.85. The third-order valence-electron chi connectivity index (χ3n) is 0.724.